The number of carbonyl (C=O) groups is 1. The lowest BCUT2D eigenvalue weighted by atomic mass is 9.92. The molecule has 0 saturated heterocycles. The Bertz CT molecular complexity index is 987. The second kappa shape index (κ2) is 7.88. The van der Waals surface area contributed by atoms with Gasteiger partial charge in [-0.2, -0.15) is 5.10 Å². The van der Waals surface area contributed by atoms with Crippen LogP contribution >= 0.6 is 0 Å². The molecular weight excluding hydrogens is 362 g/mol. The van der Waals surface area contributed by atoms with Gasteiger partial charge in [-0.25, -0.2) is 13.5 Å². The predicted molar refractivity (Wildman–Crippen MR) is 99.9 cm³/mol. The highest BCUT2D eigenvalue weighted by Gasteiger charge is 2.26. The van der Waals surface area contributed by atoms with Crippen molar-refractivity contribution in [1.82, 2.24) is 20.1 Å². The first-order chi connectivity index (χ1) is 13.6. The molecule has 144 valence electrons. The molecule has 0 unspecified atom stereocenters. The van der Waals surface area contributed by atoms with Crippen LogP contribution in [0.3, 0.4) is 0 Å². The van der Waals surface area contributed by atoms with E-state index in [1.807, 2.05) is 18.2 Å². The van der Waals surface area contributed by atoms with Crippen LogP contribution in [-0.2, 0) is 17.6 Å². The summed E-state index contributed by atoms with van der Waals surface area (Å²) in [5, 5.41) is 7.36. The largest absolute Gasteiger partial charge is 0.349 e. The standard InChI is InChI=1S/C21H20F2N4O/c22-14-7-9-20(17(23)12-14)27-19-6-3-5-18(16(19)13-25-27)26-21(28)10-8-15-4-1-2-11-24-15/h1-2,4,7,9,11-13,18H,3,5-6,8,10H2,(H,26,28)/t18-/m1/s1. The number of rotatable bonds is 5. The Kier molecular flexibility index (Phi) is 5.14. The van der Waals surface area contributed by atoms with E-state index in [1.54, 1.807) is 12.4 Å². The number of nitrogens with one attached hydrogen (secondary N) is 1. The molecule has 5 nitrogen and oxygen atoms in total. The molecule has 3 aromatic rings. The second-order valence-electron chi connectivity index (χ2n) is 6.89. The molecule has 2 aromatic heterocycles. The first-order valence-electron chi connectivity index (χ1n) is 9.33. The van der Waals surface area contributed by atoms with E-state index in [9.17, 15) is 13.6 Å². The van der Waals surface area contributed by atoms with Gasteiger partial charge in [0.05, 0.1) is 12.2 Å². The fraction of sp³-hybridized carbons (Fsp3) is 0.286. The normalized spacial score (nSPS) is 15.9. The van der Waals surface area contributed by atoms with E-state index < -0.39 is 11.6 Å². The third-order valence-corrected chi connectivity index (χ3v) is 4.99. The number of aryl methyl sites for hydroxylation is 1. The van der Waals surface area contributed by atoms with Crippen LogP contribution in [0.4, 0.5) is 8.78 Å². The predicted octanol–water partition coefficient (Wildman–Crippen LogP) is 3.67. The number of amides is 1. The van der Waals surface area contributed by atoms with E-state index in [1.165, 1.54) is 16.8 Å². The van der Waals surface area contributed by atoms with Gasteiger partial charge >= 0.3 is 0 Å². The van der Waals surface area contributed by atoms with Gasteiger partial charge in [-0.3, -0.25) is 9.78 Å². The number of pyridine rings is 1. The lowest BCUT2D eigenvalue weighted by Gasteiger charge is -2.24. The molecule has 0 bridgehead atoms. The van der Waals surface area contributed by atoms with Crippen LogP contribution in [0.25, 0.3) is 5.69 Å². The highest BCUT2D eigenvalue weighted by Crippen LogP contribution is 2.31. The van der Waals surface area contributed by atoms with Crippen molar-refractivity contribution in [3.05, 3.63) is 77.4 Å². The van der Waals surface area contributed by atoms with Crippen molar-refractivity contribution < 1.29 is 13.6 Å². The summed E-state index contributed by atoms with van der Waals surface area (Å²) in [7, 11) is 0. The zero-order valence-corrected chi connectivity index (χ0v) is 15.2. The zero-order chi connectivity index (χ0) is 19.5. The average molecular weight is 382 g/mol. The number of halogens is 2. The van der Waals surface area contributed by atoms with E-state index in [4.69, 9.17) is 0 Å². The molecule has 2 heterocycles. The van der Waals surface area contributed by atoms with Gasteiger partial charge in [-0.15, -0.1) is 0 Å². The van der Waals surface area contributed by atoms with Gasteiger partial charge in [-0.1, -0.05) is 6.07 Å². The Morgan fingerprint density at radius 1 is 1.25 bits per heavy atom. The lowest BCUT2D eigenvalue weighted by Crippen LogP contribution is -2.31. The third kappa shape index (κ3) is 3.78. The first-order valence-corrected chi connectivity index (χ1v) is 9.33. The molecule has 4 rings (SSSR count). The molecule has 28 heavy (non-hydrogen) atoms. The van der Waals surface area contributed by atoms with Crippen molar-refractivity contribution in [3.8, 4) is 5.69 Å². The number of nitrogens with zero attached hydrogens (tertiary/aromatic N) is 3. The second-order valence-corrected chi connectivity index (χ2v) is 6.89. The van der Waals surface area contributed by atoms with Crippen LogP contribution in [0.5, 0.6) is 0 Å². The van der Waals surface area contributed by atoms with Gasteiger partial charge in [-0.05, 0) is 49.9 Å². The molecule has 0 fully saturated rings. The van der Waals surface area contributed by atoms with Crippen molar-refractivity contribution in [3.63, 3.8) is 0 Å². The molecule has 1 amide bonds. The monoisotopic (exact) mass is 382 g/mol. The van der Waals surface area contributed by atoms with E-state index in [0.29, 0.717) is 12.8 Å². The first kappa shape index (κ1) is 18.3. The molecule has 1 N–H and O–H groups in total. The highest BCUT2D eigenvalue weighted by atomic mass is 19.1. The maximum absolute atomic E-state index is 14.2. The van der Waals surface area contributed by atoms with E-state index in [0.717, 1.165) is 42.3 Å². The van der Waals surface area contributed by atoms with Crippen molar-refractivity contribution in [2.75, 3.05) is 0 Å². The Hall–Kier alpha value is -3.09. The summed E-state index contributed by atoms with van der Waals surface area (Å²) < 4.78 is 28.9. The lowest BCUT2D eigenvalue weighted by molar-refractivity contribution is -0.121. The van der Waals surface area contributed by atoms with Crippen molar-refractivity contribution in [1.29, 1.82) is 0 Å². The Morgan fingerprint density at radius 2 is 2.14 bits per heavy atom. The molecule has 0 radical (unpaired) electrons. The number of aromatic nitrogens is 3. The maximum atomic E-state index is 14.2. The highest BCUT2D eigenvalue weighted by molar-refractivity contribution is 5.76. The molecular formula is C21H20F2N4O. The number of hydrogen-bond acceptors (Lipinski definition) is 3. The summed E-state index contributed by atoms with van der Waals surface area (Å²) in [6.07, 6.45) is 6.69. The van der Waals surface area contributed by atoms with Crippen molar-refractivity contribution in [2.45, 2.75) is 38.1 Å². The summed E-state index contributed by atoms with van der Waals surface area (Å²) in [5.74, 6) is -1.34. The van der Waals surface area contributed by atoms with Crippen LogP contribution < -0.4 is 5.32 Å². The molecule has 0 spiro atoms. The van der Waals surface area contributed by atoms with Crippen molar-refractivity contribution in [2.24, 2.45) is 0 Å². The molecule has 7 heteroatoms. The van der Waals surface area contributed by atoms with Crippen molar-refractivity contribution >= 4 is 5.91 Å². The van der Waals surface area contributed by atoms with Gasteiger partial charge in [0.2, 0.25) is 5.91 Å². The van der Waals surface area contributed by atoms with E-state index in [2.05, 4.69) is 15.4 Å². The fourth-order valence-corrected chi connectivity index (χ4v) is 3.62. The minimum Gasteiger partial charge on any atom is -0.349 e. The van der Waals surface area contributed by atoms with Gasteiger partial charge < -0.3 is 5.32 Å². The smallest absolute Gasteiger partial charge is 0.220 e. The summed E-state index contributed by atoms with van der Waals surface area (Å²) in [4.78, 5) is 16.6. The van der Waals surface area contributed by atoms with Gasteiger partial charge in [0.25, 0.3) is 0 Å². The molecule has 1 atom stereocenters. The zero-order valence-electron chi connectivity index (χ0n) is 15.2. The van der Waals surface area contributed by atoms with Crippen LogP contribution in [0.2, 0.25) is 0 Å². The topological polar surface area (TPSA) is 59.8 Å². The minimum absolute atomic E-state index is 0.0517. The van der Waals surface area contributed by atoms with E-state index >= 15 is 0 Å². The van der Waals surface area contributed by atoms with Gasteiger partial charge in [0.15, 0.2) is 5.82 Å². The average Bonchev–Trinajstić information content (AvgIpc) is 3.12. The third-order valence-electron chi connectivity index (χ3n) is 4.99. The number of hydrogen-bond donors (Lipinski definition) is 1. The number of fused-ring (bicyclic) bond motifs is 1. The maximum Gasteiger partial charge on any atom is 0.220 e. The van der Waals surface area contributed by atoms with Gasteiger partial charge in [0, 0.05) is 35.6 Å². The van der Waals surface area contributed by atoms with Gasteiger partial charge in [0.1, 0.15) is 11.5 Å². The Labute approximate surface area is 161 Å². The number of benzene rings is 1. The summed E-state index contributed by atoms with van der Waals surface area (Å²) in [6.45, 7) is 0. The fourth-order valence-electron chi connectivity index (χ4n) is 3.62. The minimum atomic E-state index is -0.660. The number of carbonyl (C=O) groups excluding carboxylic acids is 1. The Balaban J connectivity index is 1.49. The summed E-state index contributed by atoms with van der Waals surface area (Å²) >= 11 is 0. The van der Waals surface area contributed by atoms with Crippen LogP contribution in [-0.4, -0.2) is 20.7 Å². The van der Waals surface area contributed by atoms with Crippen LogP contribution in [0.15, 0.2) is 48.8 Å². The molecule has 0 saturated carbocycles. The van der Waals surface area contributed by atoms with Crippen LogP contribution in [0, 0.1) is 11.6 Å². The SMILES string of the molecule is O=C(CCc1ccccn1)N[C@@H]1CCCc2c1cnn2-c1ccc(F)cc1F. The molecule has 1 aliphatic carbocycles. The Morgan fingerprint density at radius 3 is 2.93 bits per heavy atom. The van der Waals surface area contributed by atoms with Crippen LogP contribution in [0.1, 0.15) is 42.3 Å². The quantitative estimate of drug-likeness (QED) is 0.732. The molecule has 1 aromatic carbocycles. The summed E-state index contributed by atoms with van der Waals surface area (Å²) in [5.41, 5.74) is 2.83. The van der Waals surface area contributed by atoms with E-state index in [-0.39, 0.29) is 17.6 Å². The molecule has 1 aliphatic rings. The summed E-state index contributed by atoms with van der Waals surface area (Å²) in [6, 6.07) is 8.93. The molecule has 0 aliphatic heterocycles.